The summed E-state index contributed by atoms with van der Waals surface area (Å²) in [5.41, 5.74) is 3.18. The largest absolute Gasteiger partial charge is 0.325 e. The lowest BCUT2D eigenvalue weighted by atomic mass is 10.1. The number of amides is 4. The smallest absolute Gasteiger partial charge is 0.325 e. The number of sulfonamides is 1. The molecule has 1 atom stereocenters. The summed E-state index contributed by atoms with van der Waals surface area (Å²) in [6.45, 7) is 5.95. The van der Waals surface area contributed by atoms with Crippen molar-refractivity contribution in [1.29, 1.82) is 0 Å². The number of nitrogens with one attached hydrogen (secondary N) is 2. The van der Waals surface area contributed by atoms with Crippen molar-refractivity contribution in [1.82, 2.24) is 14.9 Å². The summed E-state index contributed by atoms with van der Waals surface area (Å²) in [6, 6.07) is 29.7. The van der Waals surface area contributed by atoms with Crippen molar-refractivity contribution in [3.63, 3.8) is 0 Å². The van der Waals surface area contributed by atoms with Gasteiger partial charge < -0.3 is 5.32 Å². The standard InChI is InChI=1S/C38H39N3O5S2/c1-4-23-41(37(43)33-19-11-15-30(24-33)22-21-29-13-7-5-8-14-29)38(44)39-35(27-47-26-28(2)3)36(42)40-48(45,46)34-20-12-18-32(25-34)31-16-9-6-10-17-31/h5-20,24-25,28,35H,4,23,26-27H2,1-3H3,(H,39,44)(H,40,42). The quantitative estimate of drug-likeness (QED) is 0.164. The zero-order valence-electron chi connectivity index (χ0n) is 27.2. The van der Waals surface area contributed by atoms with Crippen LogP contribution in [0.25, 0.3) is 11.1 Å². The molecule has 2 N–H and O–H groups in total. The molecule has 0 heterocycles. The predicted octanol–water partition coefficient (Wildman–Crippen LogP) is 6.58. The average Bonchev–Trinajstić information content (AvgIpc) is 3.09. The molecule has 0 radical (unpaired) electrons. The van der Waals surface area contributed by atoms with E-state index in [1.54, 1.807) is 36.4 Å². The molecule has 48 heavy (non-hydrogen) atoms. The van der Waals surface area contributed by atoms with E-state index in [0.29, 0.717) is 29.2 Å². The summed E-state index contributed by atoms with van der Waals surface area (Å²) >= 11 is 1.41. The number of benzene rings is 4. The van der Waals surface area contributed by atoms with Crippen LogP contribution in [0.15, 0.2) is 114 Å². The van der Waals surface area contributed by atoms with Gasteiger partial charge in [-0.1, -0.05) is 99.3 Å². The number of hydrogen-bond acceptors (Lipinski definition) is 6. The number of carbonyl (C=O) groups is 3. The van der Waals surface area contributed by atoms with Gasteiger partial charge in [-0.05, 0) is 71.7 Å². The zero-order chi connectivity index (χ0) is 34.5. The Morgan fingerprint density at radius 3 is 2.08 bits per heavy atom. The Morgan fingerprint density at radius 1 is 0.771 bits per heavy atom. The van der Waals surface area contributed by atoms with Crippen LogP contribution in [0.2, 0.25) is 0 Å². The fraction of sp³-hybridized carbons (Fsp3) is 0.237. The highest BCUT2D eigenvalue weighted by atomic mass is 32.2. The second kappa shape index (κ2) is 17.3. The molecule has 0 saturated carbocycles. The van der Waals surface area contributed by atoms with Gasteiger partial charge in [0.15, 0.2) is 0 Å². The Kier molecular flexibility index (Phi) is 13.0. The first-order valence-corrected chi connectivity index (χ1v) is 18.3. The Morgan fingerprint density at radius 2 is 1.40 bits per heavy atom. The van der Waals surface area contributed by atoms with Crippen molar-refractivity contribution in [3.8, 4) is 23.0 Å². The lowest BCUT2D eigenvalue weighted by Crippen LogP contribution is -2.54. The number of carbonyl (C=O) groups excluding carboxylic acids is 3. The SMILES string of the molecule is CCCN(C(=O)NC(CSCC(C)C)C(=O)NS(=O)(=O)c1cccc(-c2ccccc2)c1)C(=O)c1cccc(C#Cc2ccccc2)c1. The molecule has 0 aliphatic rings. The Bertz CT molecular complexity index is 1890. The van der Waals surface area contributed by atoms with E-state index in [-0.39, 0.29) is 22.8 Å². The molecule has 0 fully saturated rings. The number of nitrogens with zero attached hydrogens (tertiary/aromatic N) is 1. The summed E-state index contributed by atoms with van der Waals surface area (Å²) in [5, 5.41) is 2.64. The van der Waals surface area contributed by atoms with E-state index < -0.39 is 33.9 Å². The summed E-state index contributed by atoms with van der Waals surface area (Å²) in [6.07, 6.45) is 0.470. The molecule has 4 rings (SSSR count). The van der Waals surface area contributed by atoms with Crippen LogP contribution >= 0.6 is 11.8 Å². The maximum Gasteiger partial charge on any atom is 0.325 e. The first kappa shape index (κ1) is 36.0. The second-order valence-corrected chi connectivity index (χ2v) is 14.2. The molecule has 4 aromatic carbocycles. The second-order valence-electron chi connectivity index (χ2n) is 11.5. The van der Waals surface area contributed by atoms with Crippen LogP contribution in [0.4, 0.5) is 4.79 Å². The monoisotopic (exact) mass is 681 g/mol. The van der Waals surface area contributed by atoms with E-state index in [2.05, 4.69) is 21.9 Å². The number of urea groups is 1. The van der Waals surface area contributed by atoms with Gasteiger partial charge in [0.2, 0.25) is 0 Å². The highest BCUT2D eigenvalue weighted by Gasteiger charge is 2.30. The molecule has 0 aromatic heterocycles. The van der Waals surface area contributed by atoms with Crippen LogP contribution in [0.5, 0.6) is 0 Å². The Balaban J connectivity index is 1.53. The van der Waals surface area contributed by atoms with Gasteiger partial charge in [0.05, 0.1) is 4.90 Å². The third-order valence-electron chi connectivity index (χ3n) is 7.01. The third-order valence-corrected chi connectivity index (χ3v) is 9.82. The average molecular weight is 682 g/mol. The molecular formula is C38H39N3O5S2. The van der Waals surface area contributed by atoms with Gasteiger partial charge in [0, 0.05) is 29.0 Å². The van der Waals surface area contributed by atoms with Gasteiger partial charge in [-0.2, -0.15) is 11.8 Å². The molecule has 4 amide bonds. The van der Waals surface area contributed by atoms with Gasteiger partial charge in [-0.25, -0.2) is 17.9 Å². The normalized spacial score (nSPS) is 11.6. The lowest BCUT2D eigenvalue weighted by Gasteiger charge is -2.25. The Labute approximate surface area is 287 Å². The summed E-state index contributed by atoms with van der Waals surface area (Å²) < 4.78 is 28.9. The van der Waals surface area contributed by atoms with Crippen LogP contribution < -0.4 is 10.0 Å². The summed E-state index contributed by atoms with van der Waals surface area (Å²) in [7, 11) is -4.29. The predicted molar refractivity (Wildman–Crippen MR) is 192 cm³/mol. The van der Waals surface area contributed by atoms with Gasteiger partial charge in [0.25, 0.3) is 21.8 Å². The van der Waals surface area contributed by atoms with Gasteiger partial charge >= 0.3 is 6.03 Å². The van der Waals surface area contributed by atoms with E-state index in [1.807, 2.05) is 81.4 Å². The molecular weight excluding hydrogens is 643 g/mol. The Hall–Kier alpha value is -4.85. The van der Waals surface area contributed by atoms with Crippen LogP contribution in [-0.2, 0) is 14.8 Å². The minimum absolute atomic E-state index is 0.0860. The van der Waals surface area contributed by atoms with E-state index in [4.69, 9.17) is 0 Å². The lowest BCUT2D eigenvalue weighted by molar-refractivity contribution is -0.120. The van der Waals surface area contributed by atoms with Crippen molar-refractivity contribution in [2.45, 2.75) is 38.1 Å². The van der Waals surface area contributed by atoms with Crippen molar-refractivity contribution in [2.75, 3.05) is 18.1 Å². The molecule has 0 spiro atoms. The molecule has 1 unspecified atom stereocenters. The van der Waals surface area contributed by atoms with E-state index >= 15 is 0 Å². The molecule has 248 valence electrons. The third kappa shape index (κ3) is 10.3. The molecule has 0 aliphatic heterocycles. The van der Waals surface area contributed by atoms with Crippen molar-refractivity contribution >= 4 is 39.6 Å². The number of imide groups is 1. The molecule has 10 heteroatoms. The van der Waals surface area contributed by atoms with Crippen molar-refractivity contribution in [2.24, 2.45) is 5.92 Å². The fourth-order valence-corrected chi connectivity index (χ4v) is 6.78. The highest BCUT2D eigenvalue weighted by molar-refractivity contribution is 7.99. The number of hydrogen-bond donors (Lipinski definition) is 2. The maximum absolute atomic E-state index is 13.6. The molecule has 0 bridgehead atoms. The number of rotatable bonds is 12. The van der Waals surface area contributed by atoms with Crippen LogP contribution in [-0.4, -0.2) is 55.3 Å². The topological polar surface area (TPSA) is 113 Å². The van der Waals surface area contributed by atoms with Crippen LogP contribution in [0, 0.1) is 17.8 Å². The molecule has 0 aliphatic carbocycles. The van der Waals surface area contributed by atoms with Gasteiger partial charge in [-0.3, -0.25) is 14.5 Å². The summed E-state index contributed by atoms with van der Waals surface area (Å²) in [4.78, 5) is 41.7. The van der Waals surface area contributed by atoms with Gasteiger partial charge in [-0.15, -0.1) is 0 Å². The van der Waals surface area contributed by atoms with Gasteiger partial charge in [0.1, 0.15) is 6.04 Å². The van der Waals surface area contributed by atoms with Crippen LogP contribution in [0.1, 0.15) is 48.7 Å². The first-order valence-electron chi connectivity index (χ1n) is 15.7. The minimum atomic E-state index is -4.29. The van der Waals surface area contributed by atoms with E-state index in [1.165, 1.54) is 23.9 Å². The number of thioether (sulfide) groups is 1. The van der Waals surface area contributed by atoms with E-state index in [9.17, 15) is 22.8 Å². The van der Waals surface area contributed by atoms with E-state index in [0.717, 1.165) is 16.0 Å². The summed E-state index contributed by atoms with van der Waals surface area (Å²) in [5.74, 6) is 5.74. The first-order chi connectivity index (χ1) is 23.1. The minimum Gasteiger partial charge on any atom is -0.325 e. The molecule has 4 aromatic rings. The van der Waals surface area contributed by atoms with Crippen molar-refractivity contribution < 1.29 is 22.8 Å². The maximum atomic E-state index is 13.6. The fourth-order valence-electron chi connectivity index (χ4n) is 4.64. The van der Waals surface area contributed by atoms with Crippen LogP contribution in [0.3, 0.4) is 0 Å². The van der Waals surface area contributed by atoms with Crippen molar-refractivity contribution in [3.05, 3.63) is 126 Å². The molecule has 8 nitrogen and oxygen atoms in total. The highest BCUT2D eigenvalue weighted by Crippen LogP contribution is 2.22. The molecule has 0 saturated heterocycles. The zero-order valence-corrected chi connectivity index (χ0v) is 28.8.